The summed E-state index contributed by atoms with van der Waals surface area (Å²) >= 11 is 19.4. The molecule has 0 aliphatic carbocycles. The summed E-state index contributed by atoms with van der Waals surface area (Å²) in [7, 11) is 0. The Morgan fingerprint density at radius 1 is 0.930 bits per heavy atom. The number of unbranched alkanes of at least 4 members (excludes halogenated alkanes) is 2. The van der Waals surface area contributed by atoms with E-state index in [0.29, 0.717) is 41.3 Å². The Labute approximate surface area is 271 Å². The zero-order chi connectivity index (χ0) is 31.7. The van der Waals surface area contributed by atoms with E-state index in [4.69, 9.17) is 34.8 Å². The van der Waals surface area contributed by atoms with Crippen LogP contribution in [0.3, 0.4) is 0 Å². The van der Waals surface area contributed by atoms with Crippen LogP contribution in [0.4, 0.5) is 0 Å². The van der Waals surface area contributed by atoms with Gasteiger partial charge >= 0.3 is 0 Å². The van der Waals surface area contributed by atoms with Gasteiger partial charge < -0.3 is 10.2 Å². The predicted octanol–water partition coefficient (Wildman–Crippen LogP) is 7.85. The number of amides is 2. The lowest BCUT2D eigenvalue weighted by molar-refractivity contribution is -0.138. The van der Waals surface area contributed by atoms with Crippen LogP contribution in [0.2, 0.25) is 5.02 Å². The molecule has 3 atom stereocenters. The van der Waals surface area contributed by atoms with E-state index in [2.05, 4.69) is 48.3 Å². The Morgan fingerprint density at radius 3 is 1.98 bits per heavy atom. The van der Waals surface area contributed by atoms with Crippen LogP contribution in [0, 0.1) is 17.8 Å². The van der Waals surface area contributed by atoms with Crippen molar-refractivity contribution in [3.63, 3.8) is 0 Å². The molecule has 2 aromatic rings. The monoisotopic (exact) mass is 652 g/mol. The van der Waals surface area contributed by atoms with Crippen LogP contribution in [0.5, 0.6) is 0 Å². The molecule has 1 N–H and O–H groups in total. The molecule has 8 nitrogen and oxygen atoms in total. The minimum atomic E-state index is -1.84. The average Bonchev–Trinajstić information content (AvgIpc) is 3.53. The molecular weight excluding hydrogens is 607 g/mol. The second-order valence-corrected chi connectivity index (χ2v) is 13.7. The number of benzene rings is 1. The topological polar surface area (TPSA) is 92.5 Å². The molecule has 2 heterocycles. The molecule has 3 unspecified atom stereocenters. The molecule has 0 fully saturated rings. The largest absolute Gasteiger partial charge is 0.340 e. The van der Waals surface area contributed by atoms with Crippen LogP contribution >= 0.6 is 34.8 Å². The molecule has 3 rings (SSSR count). The SMILES string of the molecule is CCCCC(CC)CN(CC(CC)CCCC)C(=O)C(NC(=O)C1=Nn2c(-c3ccc(Cl)cc3)nnc2C1(Cl)Cl)C(C)C. The van der Waals surface area contributed by atoms with E-state index in [1.165, 1.54) is 4.68 Å². The van der Waals surface area contributed by atoms with Gasteiger partial charge in [-0.05, 0) is 54.9 Å². The number of carbonyl (C=O) groups is 2. The number of carbonyl (C=O) groups excluding carboxylic acids is 2. The van der Waals surface area contributed by atoms with Crippen molar-refractivity contribution in [1.29, 1.82) is 0 Å². The predicted molar refractivity (Wildman–Crippen MR) is 177 cm³/mol. The number of halogens is 3. The Bertz CT molecular complexity index is 1230. The summed E-state index contributed by atoms with van der Waals surface area (Å²) < 4.78 is -0.469. The summed E-state index contributed by atoms with van der Waals surface area (Å²) in [6.45, 7) is 14.0. The second kappa shape index (κ2) is 16.2. The van der Waals surface area contributed by atoms with E-state index in [1.54, 1.807) is 24.3 Å². The molecule has 0 bridgehead atoms. The third-order valence-electron chi connectivity index (χ3n) is 8.31. The fourth-order valence-corrected chi connectivity index (χ4v) is 6.05. The van der Waals surface area contributed by atoms with Crippen LogP contribution in [0.25, 0.3) is 11.4 Å². The van der Waals surface area contributed by atoms with Crippen LogP contribution in [-0.2, 0) is 13.9 Å². The smallest absolute Gasteiger partial charge is 0.271 e. The standard InChI is InChI=1S/C32H47Cl3N6O2/c1-7-11-13-22(9-3)19-40(20-23(10-4)14-12-8-2)30(43)26(21(5)6)36-29(42)27-32(34,35)31-38-37-28(41(31)39-27)24-15-17-25(33)18-16-24/h15-18,21-23,26H,7-14,19-20H2,1-6H3,(H,36,42). The van der Waals surface area contributed by atoms with E-state index in [0.717, 1.165) is 51.4 Å². The number of rotatable bonds is 17. The highest BCUT2D eigenvalue weighted by Gasteiger charge is 2.49. The van der Waals surface area contributed by atoms with Crippen molar-refractivity contribution < 1.29 is 9.59 Å². The van der Waals surface area contributed by atoms with Gasteiger partial charge in [-0.1, -0.05) is 115 Å². The maximum atomic E-state index is 14.2. The molecule has 0 radical (unpaired) electrons. The van der Waals surface area contributed by atoms with Crippen molar-refractivity contribution in [2.75, 3.05) is 13.1 Å². The van der Waals surface area contributed by atoms with Crippen molar-refractivity contribution in [3.8, 4) is 11.4 Å². The van der Waals surface area contributed by atoms with Crippen molar-refractivity contribution in [2.45, 2.75) is 103 Å². The van der Waals surface area contributed by atoms with Crippen LogP contribution < -0.4 is 5.32 Å². The van der Waals surface area contributed by atoms with Crippen LogP contribution in [0.1, 0.15) is 98.7 Å². The summed E-state index contributed by atoms with van der Waals surface area (Å²) in [6, 6.07) is 6.22. The molecule has 1 aliphatic heterocycles. The third kappa shape index (κ3) is 8.73. The van der Waals surface area contributed by atoms with Gasteiger partial charge in [0.25, 0.3) is 5.91 Å². The number of aromatic nitrogens is 3. The highest BCUT2D eigenvalue weighted by molar-refractivity contribution is 6.67. The van der Waals surface area contributed by atoms with E-state index in [9.17, 15) is 9.59 Å². The van der Waals surface area contributed by atoms with Crippen molar-refractivity contribution in [2.24, 2.45) is 22.9 Å². The highest BCUT2D eigenvalue weighted by atomic mass is 35.5. The van der Waals surface area contributed by atoms with E-state index >= 15 is 0 Å². The molecular formula is C32H47Cl3N6O2. The van der Waals surface area contributed by atoms with Gasteiger partial charge in [0.05, 0.1) is 0 Å². The highest BCUT2D eigenvalue weighted by Crippen LogP contribution is 2.40. The lowest BCUT2D eigenvalue weighted by atomic mass is 9.94. The molecule has 2 amide bonds. The van der Waals surface area contributed by atoms with Crippen molar-refractivity contribution in [3.05, 3.63) is 35.1 Å². The van der Waals surface area contributed by atoms with Gasteiger partial charge in [0.1, 0.15) is 6.04 Å². The summed E-state index contributed by atoms with van der Waals surface area (Å²) in [5.41, 5.74) is 0.537. The molecule has 238 valence electrons. The zero-order valence-electron chi connectivity index (χ0n) is 26.4. The van der Waals surface area contributed by atoms with E-state index in [-0.39, 0.29) is 23.4 Å². The zero-order valence-corrected chi connectivity index (χ0v) is 28.6. The average molecular weight is 654 g/mol. The van der Waals surface area contributed by atoms with E-state index in [1.807, 2.05) is 18.7 Å². The molecule has 0 spiro atoms. The first-order valence-corrected chi connectivity index (χ1v) is 16.9. The maximum Gasteiger partial charge on any atom is 0.271 e. The van der Waals surface area contributed by atoms with E-state index < -0.39 is 16.3 Å². The van der Waals surface area contributed by atoms with Gasteiger partial charge in [-0.15, -0.1) is 10.2 Å². The first-order chi connectivity index (χ1) is 20.5. The maximum absolute atomic E-state index is 14.2. The minimum Gasteiger partial charge on any atom is -0.340 e. The summed E-state index contributed by atoms with van der Waals surface area (Å²) in [6.07, 6.45) is 8.67. The Balaban J connectivity index is 1.88. The Kier molecular flexibility index (Phi) is 13.3. The molecule has 1 aliphatic rings. The number of fused-ring (bicyclic) bond motifs is 1. The van der Waals surface area contributed by atoms with Gasteiger partial charge in [-0.25, -0.2) is 0 Å². The fraction of sp³-hybridized carbons (Fsp3) is 0.656. The van der Waals surface area contributed by atoms with Gasteiger partial charge in [0, 0.05) is 23.7 Å². The van der Waals surface area contributed by atoms with Crippen molar-refractivity contribution in [1.82, 2.24) is 25.1 Å². The summed E-state index contributed by atoms with van der Waals surface area (Å²) in [5, 5.41) is 16.3. The molecule has 0 saturated carbocycles. The second-order valence-electron chi connectivity index (χ2n) is 12.0. The number of nitrogens with one attached hydrogen (secondary N) is 1. The third-order valence-corrected chi connectivity index (χ3v) is 9.26. The van der Waals surface area contributed by atoms with Crippen LogP contribution in [-0.4, -0.2) is 56.4 Å². The normalized spacial score (nSPS) is 16.0. The lowest BCUT2D eigenvalue weighted by Crippen LogP contribution is -2.55. The number of nitrogens with zero attached hydrogens (tertiary/aromatic N) is 5. The minimum absolute atomic E-state index is 0.0807. The number of hydrogen-bond acceptors (Lipinski definition) is 5. The van der Waals surface area contributed by atoms with Crippen LogP contribution in [0.15, 0.2) is 29.4 Å². The molecule has 0 saturated heterocycles. The summed E-state index contributed by atoms with van der Waals surface area (Å²) in [5.74, 6) is 0.439. The van der Waals surface area contributed by atoms with Gasteiger partial charge in [0.15, 0.2) is 17.4 Å². The Morgan fingerprint density at radius 2 is 1.49 bits per heavy atom. The lowest BCUT2D eigenvalue weighted by Gasteiger charge is -2.35. The Hall–Kier alpha value is -2.16. The quantitative estimate of drug-likeness (QED) is 0.176. The van der Waals surface area contributed by atoms with Gasteiger partial charge in [-0.3, -0.25) is 9.59 Å². The summed E-state index contributed by atoms with van der Waals surface area (Å²) in [4.78, 5) is 30.0. The molecule has 1 aromatic carbocycles. The molecule has 1 aromatic heterocycles. The van der Waals surface area contributed by atoms with Gasteiger partial charge in [-0.2, -0.15) is 9.78 Å². The number of hydrogen-bond donors (Lipinski definition) is 1. The first-order valence-electron chi connectivity index (χ1n) is 15.8. The molecule has 43 heavy (non-hydrogen) atoms. The first kappa shape index (κ1) is 35.3. The number of alkyl halides is 2. The molecule has 11 heteroatoms. The van der Waals surface area contributed by atoms with Gasteiger partial charge in [0.2, 0.25) is 10.2 Å². The van der Waals surface area contributed by atoms with Crippen molar-refractivity contribution >= 4 is 52.3 Å². The fourth-order valence-electron chi connectivity index (χ4n) is 5.44.